The maximum Gasteiger partial charge on any atom is 0.262 e. The highest BCUT2D eigenvalue weighted by Crippen LogP contribution is 2.28. The maximum absolute atomic E-state index is 11.3. The number of aromatic nitrogens is 1. The zero-order valence-electron chi connectivity index (χ0n) is 11.8. The predicted molar refractivity (Wildman–Crippen MR) is 80.1 cm³/mol. The number of ether oxygens (including phenoxy) is 1. The molecule has 21 heavy (non-hydrogen) atoms. The maximum atomic E-state index is 11.3. The van der Waals surface area contributed by atoms with Crippen molar-refractivity contribution in [3.8, 4) is 5.75 Å². The van der Waals surface area contributed by atoms with Gasteiger partial charge < -0.3 is 15.4 Å². The van der Waals surface area contributed by atoms with Crippen LogP contribution in [0.2, 0.25) is 0 Å². The molecule has 0 bridgehead atoms. The van der Waals surface area contributed by atoms with Crippen LogP contribution >= 0.6 is 0 Å². The van der Waals surface area contributed by atoms with Crippen molar-refractivity contribution in [1.29, 1.82) is 0 Å². The van der Waals surface area contributed by atoms with E-state index in [0.29, 0.717) is 6.54 Å². The lowest BCUT2D eigenvalue weighted by atomic mass is 10.1. The van der Waals surface area contributed by atoms with Gasteiger partial charge in [-0.25, -0.2) is 0 Å². The quantitative estimate of drug-likeness (QED) is 0.903. The third kappa shape index (κ3) is 3.20. The third-order valence-electron chi connectivity index (χ3n) is 3.50. The molecule has 0 radical (unpaired) electrons. The molecule has 0 aliphatic carbocycles. The number of hydrogen-bond acceptors (Lipinski definition) is 4. The summed E-state index contributed by atoms with van der Waals surface area (Å²) in [5.41, 5.74) is 3.03. The van der Waals surface area contributed by atoms with Crippen molar-refractivity contribution in [2.24, 2.45) is 0 Å². The highest BCUT2D eigenvalue weighted by atomic mass is 16.5. The number of nitrogens with one attached hydrogen (secondary N) is 2. The van der Waals surface area contributed by atoms with E-state index in [1.165, 1.54) is 5.56 Å². The molecule has 0 saturated carbocycles. The van der Waals surface area contributed by atoms with Crippen LogP contribution in [-0.4, -0.2) is 17.5 Å². The van der Waals surface area contributed by atoms with Crippen molar-refractivity contribution in [3.63, 3.8) is 0 Å². The van der Waals surface area contributed by atoms with Crippen LogP contribution in [-0.2, 0) is 11.3 Å². The Kier molecular flexibility index (Phi) is 3.83. The first-order valence-corrected chi connectivity index (χ1v) is 6.91. The number of fused-ring (bicyclic) bond motifs is 1. The summed E-state index contributed by atoms with van der Waals surface area (Å²) in [6.45, 7) is 2.91. The minimum absolute atomic E-state index is 0.0870. The van der Waals surface area contributed by atoms with E-state index in [-0.39, 0.29) is 18.6 Å². The fraction of sp³-hybridized carbons (Fsp3) is 0.250. The molecule has 0 fully saturated rings. The molecular weight excluding hydrogens is 266 g/mol. The number of carbonyl (C=O) groups is 1. The SMILES string of the molecule is C[C@H](NCc1ccc2c(c1)NC(=O)CO2)c1ccncc1. The van der Waals surface area contributed by atoms with Gasteiger partial charge in [0.2, 0.25) is 0 Å². The monoisotopic (exact) mass is 283 g/mol. The lowest BCUT2D eigenvalue weighted by Gasteiger charge is -2.19. The summed E-state index contributed by atoms with van der Waals surface area (Å²) in [5, 5.41) is 6.27. The van der Waals surface area contributed by atoms with Gasteiger partial charge in [0.25, 0.3) is 5.91 Å². The van der Waals surface area contributed by atoms with Crippen molar-refractivity contribution in [3.05, 3.63) is 53.9 Å². The van der Waals surface area contributed by atoms with E-state index in [2.05, 4.69) is 22.5 Å². The second-order valence-corrected chi connectivity index (χ2v) is 5.05. The average molecular weight is 283 g/mol. The number of anilines is 1. The fourth-order valence-corrected chi connectivity index (χ4v) is 2.28. The van der Waals surface area contributed by atoms with Crippen LogP contribution in [0.5, 0.6) is 5.75 Å². The Balaban J connectivity index is 1.66. The molecule has 2 N–H and O–H groups in total. The van der Waals surface area contributed by atoms with Crippen LogP contribution in [0, 0.1) is 0 Å². The first kappa shape index (κ1) is 13.6. The first-order chi connectivity index (χ1) is 10.2. The van der Waals surface area contributed by atoms with E-state index in [1.807, 2.05) is 30.3 Å². The molecule has 1 aliphatic rings. The molecule has 1 aliphatic heterocycles. The van der Waals surface area contributed by atoms with E-state index in [9.17, 15) is 4.79 Å². The molecule has 1 amide bonds. The van der Waals surface area contributed by atoms with Gasteiger partial charge in [0.1, 0.15) is 5.75 Å². The summed E-state index contributed by atoms with van der Waals surface area (Å²) in [7, 11) is 0. The van der Waals surface area contributed by atoms with Gasteiger partial charge in [-0.15, -0.1) is 0 Å². The summed E-state index contributed by atoms with van der Waals surface area (Å²) in [6, 6.07) is 10.1. The fourth-order valence-electron chi connectivity index (χ4n) is 2.28. The largest absolute Gasteiger partial charge is 0.482 e. The van der Waals surface area contributed by atoms with E-state index in [0.717, 1.165) is 17.0 Å². The molecule has 5 heteroatoms. The minimum Gasteiger partial charge on any atom is -0.482 e. The molecule has 0 saturated heterocycles. The van der Waals surface area contributed by atoms with Crippen molar-refractivity contribution in [2.75, 3.05) is 11.9 Å². The van der Waals surface area contributed by atoms with Crippen LogP contribution in [0.1, 0.15) is 24.1 Å². The molecule has 0 unspecified atom stereocenters. The van der Waals surface area contributed by atoms with Gasteiger partial charge in [0, 0.05) is 25.0 Å². The number of amides is 1. The summed E-state index contributed by atoms with van der Waals surface area (Å²) < 4.78 is 5.35. The lowest BCUT2D eigenvalue weighted by Crippen LogP contribution is -2.25. The number of rotatable bonds is 4. The summed E-state index contributed by atoms with van der Waals surface area (Å²) in [4.78, 5) is 15.4. The minimum atomic E-state index is -0.113. The van der Waals surface area contributed by atoms with E-state index in [4.69, 9.17) is 4.74 Å². The van der Waals surface area contributed by atoms with Crippen LogP contribution in [0.4, 0.5) is 5.69 Å². The number of pyridine rings is 1. The van der Waals surface area contributed by atoms with Crippen LogP contribution in [0.25, 0.3) is 0 Å². The smallest absolute Gasteiger partial charge is 0.262 e. The van der Waals surface area contributed by atoms with Gasteiger partial charge in [-0.2, -0.15) is 0 Å². The Morgan fingerprint density at radius 3 is 2.95 bits per heavy atom. The second kappa shape index (κ2) is 5.93. The van der Waals surface area contributed by atoms with Crippen molar-refractivity contribution < 1.29 is 9.53 Å². The predicted octanol–water partition coefficient (Wildman–Crippen LogP) is 2.26. The Labute approximate surface area is 123 Å². The van der Waals surface area contributed by atoms with Gasteiger partial charge in [-0.05, 0) is 42.3 Å². The van der Waals surface area contributed by atoms with Gasteiger partial charge in [-0.3, -0.25) is 9.78 Å². The number of benzene rings is 1. The normalized spacial score (nSPS) is 14.8. The topological polar surface area (TPSA) is 63.2 Å². The van der Waals surface area contributed by atoms with Crippen molar-refractivity contribution in [2.45, 2.75) is 19.5 Å². The molecular formula is C16H17N3O2. The van der Waals surface area contributed by atoms with Gasteiger partial charge in [0.15, 0.2) is 6.61 Å². The van der Waals surface area contributed by atoms with Crippen molar-refractivity contribution >= 4 is 11.6 Å². The van der Waals surface area contributed by atoms with Gasteiger partial charge in [0.05, 0.1) is 5.69 Å². The Morgan fingerprint density at radius 2 is 2.14 bits per heavy atom. The molecule has 2 heterocycles. The van der Waals surface area contributed by atoms with E-state index in [1.54, 1.807) is 12.4 Å². The van der Waals surface area contributed by atoms with Crippen LogP contribution < -0.4 is 15.4 Å². The van der Waals surface area contributed by atoms with E-state index < -0.39 is 0 Å². The highest BCUT2D eigenvalue weighted by Gasteiger charge is 2.16. The molecule has 1 atom stereocenters. The second-order valence-electron chi connectivity index (χ2n) is 5.05. The summed E-state index contributed by atoms with van der Waals surface area (Å²) in [5.74, 6) is 0.610. The zero-order valence-corrected chi connectivity index (χ0v) is 11.8. The zero-order chi connectivity index (χ0) is 14.7. The van der Waals surface area contributed by atoms with Crippen molar-refractivity contribution in [1.82, 2.24) is 10.3 Å². The molecule has 108 valence electrons. The first-order valence-electron chi connectivity index (χ1n) is 6.91. The third-order valence-corrected chi connectivity index (χ3v) is 3.50. The molecule has 5 nitrogen and oxygen atoms in total. The number of nitrogens with zero attached hydrogens (tertiary/aromatic N) is 1. The van der Waals surface area contributed by atoms with Gasteiger partial charge in [-0.1, -0.05) is 6.07 Å². The van der Waals surface area contributed by atoms with Crippen LogP contribution in [0.15, 0.2) is 42.7 Å². The highest BCUT2D eigenvalue weighted by molar-refractivity contribution is 5.95. The Hall–Kier alpha value is -2.40. The summed E-state index contributed by atoms with van der Waals surface area (Å²) in [6.07, 6.45) is 3.58. The van der Waals surface area contributed by atoms with Gasteiger partial charge >= 0.3 is 0 Å². The Bertz CT molecular complexity index is 643. The molecule has 3 rings (SSSR count). The molecule has 2 aromatic rings. The number of carbonyl (C=O) groups excluding carboxylic acids is 1. The average Bonchev–Trinajstić information content (AvgIpc) is 2.53. The lowest BCUT2D eigenvalue weighted by molar-refractivity contribution is -0.118. The van der Waals surface area contributed by atoms with Crippen LogP contribution in [0.3, 0.4) is 0 Å². The number of hydrogen-bond donors (Lipinski definition) is 2. The molecule has 1 aromatic heterocycles. The molecule has 1 aromatic carbocycles. The standard InChI is InChI=1S/C16H17N3O2/c1-11(13-4-6-17-7-5-13)18-9-12-2-3-15-14(8-12)19-16(20)10-21-15/h2-8,11,18H,9-10H2,1H3,(H,19,20)/t11-/m0/s1. The Morgan fingerprint density at radius 1 is 1.33 bits per heavy atom. The summed E-state index contributed by atoms with van der Waals surface area (Å²) >= 11 is 0. The molecule has 0 spiro atoms. The van der Waals surface area contributed by atoms with E-state index >= 15 is 0 Å².